The number of imide groups is 1. The number of para-hydroxylation sites is 1. The number of nitrogens with one attached hydrogen (secondary N) is 1. The fourth-order valence-electron chi connectivity index (χ4n) is 3.84. The highest BCUT2D eigenvalue weighted by Crippen LogP contribution is 2.34. The van der Waals surface area contributed by atoms with Crippen LogP contribution in [0.15, 0.2) is 48.7 Å². The summed E-state index contributed by atoms with van der Waals surface area (Å²) in [6, 6.07) is 12.8. The Labute approximate surface area is 168 Å². The third-order valence-corrected chi connectivity index (χ3v) is 5.35. The number of hydrogen-bond donors (Lipinski definition) is 2. The fraction of sp³-hybridized carbons (Fsp3) is 0.273. The Morgan fingerprint density at radius 1 is 1.14 bits per heavy atom. The standard InChI is InChI=1S/C22H23N3O4/c1-28-15-7-8-20(29-2)19(11-15)25-21(26)12-18(22(25)27)23-10-9-14-13-24-17-6-4-3-5-16(14)17/h3-8,11,13,18,23-24H,9-10,12H2,1-2H3/p+1/t18-/m1/s1. The zero-order valence-corrected chi connectivity index (χ0v) is 16.5. The quantitative estimate of drug-likeness (QED) is 0.596. The summed E-state index contributed by atoms with van der Waals surface area (Å²) in [4.78, 5) is 30.1. The summed E-state index contributed by atoms with van der Waals surface area (Å²) in [5, 5.41) is 3.15. The minimum atomic E-state index is -0.427. The summed E-state index contributed by atoms with van der Waals surface area (Å²) in [6.07, 6.45) is 2.99. The molecule has 2 aromatic carbocycles. The lowest BCUT2D eigenvalue weighted by molar-refractivity contribution is -0.674. The molecule has 1 fully saturated rings. The van der Waals surface area contributed by atoms with Gasteiger partial charge in [-0.15, -0.1) is 0 Å². The Morgan fingerprint density at radius 2 is 1.97 bits per heavy atom. The van der Waals surface area contributed by atoms with Gasteiger partial charge in [-0.3, -0.25) is 9.59 Å². The van der Waals surface area contributed by atoms with E-state index < -0.39 is 6.04 Å². The van der Waals surface area contributed by atoms with Gasteiger partial charge in [-0.2, -0.15) is 0 Å². The molecule has 1 aliphatic rings. The molecule has 1 atom stereocenters. The molecule has 2 heterocycles. The minimum absolute atomic E-state index is 0.174. The van der Waals surface area contributed by atoms with Gasteiger partial charge in [0.2, 0.25) is 5.91 Å². The molecular formula is C22H24N3O4+. The van der Waals surface area contributed by atoms with Gasteiger partial charge in [-0.1, -0.05) is 18.2 Å². The van der Waals surface area contributed by atoms with Crippen molar-refractivity contribution in [1.29, 1.82) is 0 Å². The molecule has 7 nitrogen and oxygen atoms in total. The maximum Gasteiger partial charge on any atom is 0.292 e. The van der Waals surface area contributed by atoms with Gasteiger partial charge in [0, 0.05) is 29.6 Å². The Balaban J connectivity index is 1.46. The third-order valence-electron chi connectivity index (χ3n) is 5.35. The zero-order chi connectivity index (χ0) is 20.4. The summed E-state index contributed by atoms with van der Waals surface area (Å²) >= 11 is 0. The van der Waals surface area contributed by atoms with E-state index in [1.165, 1.54) is 23.0 Å². The third kappa shape index (κ3) is 3.56. The van der Waals surface area contributed by atoms with Crippen LogP contribution in [0.2, 0.25) is 0 Å². The van der Waals surface area contributed by atoms with Crippen LogP contribution in [0.1, 0.15) is 12.0 Å². The van der Waals surface area contributed by atoms with Crippen molar-refractivity contribution in [2.45, 2.75) is 18.9 Å². The first kappa shape index (κ1) is 19.0. The highest BCUT2D eigenvalue weighted by molar-refractivity contribution is 6.22. The number of benzene rings is 2. The van der Waals surface area contributed by atoms with Crippen LogP contribution in [0.3, 0.4) is 0 Å². The van der Waals surface area contributed by atoms with Crippen molar-refractivity contribution >= 4 is 28.4 Å². The summed E-state index contributed by atoms with van der Waals surface area (Å²) < 4.78 is 10.6. The first-order valence-electron chi connectivity index (χ1n) is 9.59. The van der Waals surface area contributed by atoms with Crippen molar-refractivity contribution in [3.63, 3.8) is 0 Å². The van der Waals surface area contributed by atoms with E-state index in [9.17, 15) is 9.59 Å². The lowest BCUT2D eigenvalue weighted by Crippen LogP contribution is -2.92. The van der Waals surface area contributed by atoms with Crippen LogP contribution >= 0.6 is 0 Å². The first-order valence-corrected chi connectivity index (χ1v) is 9.59. The summed E-state index contributed by atoms with van der Waals surface area (Å²) in [7, 11) is 3.06. The molecular weight excluding hydrogens is 370 g/mol. The molecule has 0 aliphatic carbocycles. The number of carbonyl (C=O) groups excluding carboxylic acids is 2. The molecule has 0 spiro atoms. The number of amides is 2. The predicted octanol–water partition coefficient (Wildman–Crippen LogP) is 1.62. The van der Waals surface area contributed by atoms with E-state index in [2.05, 4.69) is 11.1 Å². The molecule has 0 bridgehead atoms. The van der Waals surface area contributed by atoms with Crippen molar-refractivity contribution in [3.8, 4) is 11.5 Å². The second-order valence-corrected chi connectivity index (χ2v) is 7.05. The Kier molecular flexibility index (Phi) is 5.22. The average molecular weight is 394 g/mol. The maximum absolute atomic E-state index is 13.0. The van der Waals surface area contributed by atoms with Crippen LogP contribution in [0, 0.1) is 0 Å². The SMILES string of the molecule is COc1ccc(OC)c(N2C(=O)C[C@@H]([NH2+]CCc3c[nH]c4ccccc34)C2=O)c1. The monoisotopic (exact) mass is 394 g/mol. The number of fused-ring (bicyclic) bond motifs is 1. The second-order valence-electron chi connectivity index (χ2n) is 7.05. The number of nitrogens with two attached hydrogens (primary N) is 1. The summed E-state index contributed by atoms with van der Waals surface area (Å²) in [5.74, 6) is 0.579. The van der Waals surface area contributed by atoms with E-state index in [1.807, 2.05) is 29.7 Å². The Hall–Kier alpha value is -3.32. The molecule has 7 heteroatoms. The van der Waals surface area contributed by atoms with Crippen LogP contribution in [-0.4, -0.2) is 43.6 Å². The number of quaternary nitrogens is 1. The second kappa shape index (κ2) is 7.97. The van der Waals surface area contributed by atoms with Crippen molar-refractivity contribution in [2.24, 2.45) is 0 Å². The smallest absolute Gasteiger partial charge is 0.292 e. The number of aromatic nitrogens is 1. The van der Waals surface area contributed by atoms with Crippen LogP contribution in [-0.2, 0) is 16.0 Å². The number of carbonyl (C=O) groups is 2. The molecule has 0 saturated carbocycles. The topological polar surface area (TPSA) is 88.2 Å². The number of H-pyrrole nitrogens is 1. The Morgan fingerprint density at radius 3 is 2.76 bits per heavy atom. The molecule has 1 saturated heterocycles. The van der Waals surface area contributed by atoms with Crippen molar-refractivity contribution < 1.29 is 24.4 Å². The molecule has 1 aromatic heterocycles. The number of rotatable bonds is 7. The van der Waals surface area contributed by atoms with E-state index >= 15 is 0 Å². The highest BCUT2D eigenvalue weighted by atomic mass is 16.5. The lowest BCUT2D eigenvalue weighted by atomic mass is 10.1. The number of nitrogens with zero attached hydrogens (tertiary/aromatic N) is 1. The first-order chi connectivity index (χ1) is 14.1. The van der Waals surface area contributed by atoms with E-state index in [0.29, 0.717) is 23.7 Å². The molecule has 4 rings (SSSR count). The highest BCUT2D eigenvalue weighted by Gasteiger charge is 2.43. The minimum Gasteiger partial charge on any atom is -0.497 e. The average Bonchev–Trinajstić information content (AvgIpc) is 3.28. The van der Waals surface area contributed by atoms with Crippen molar-refractivity contribution in [3.05, 3.63) is 54.2 Å². The lowest BCUT2D eigenvalue weighted by Gasteiger charge is -2.18. The summed E-state index contributed by atoms with van der Waals surface area (Å²) in [5.41, 5.74) is 2.74. The molecule has 0 radical (unpaired) electrons. The molecule has 0 unspecified atom stereocenters. The van der Waals surface area contributed by atoms with Gasteiger partial charge >= 0.3 is 0 Å². The predicted molar refractivity (Wildman–Crippen MR) is 109 cm³/mol. The van der Waals surface area contributed by atoms with Gasteiger partial charge in [0.25, 0.3) is 5.91 Å². The maximum atomic E-state index is 13.0. The Bertz CT molecular complexity index is 1060. The molecule has 3 N–H and O–H groups in total. The van der Waals surface area contributed by atoms with Crippen molar-refractivity contribution in [2.75, 3.05) is 25.7 Å². The van der Waals surface area contributed by atoms with Crippen LogP contribution < -0.4 is 19.7 Å². The van der Waals surface area contributed by atoms with Crippen molar-refractivity contribution in [1.82, 2.24) is 4.98 Å². The normalized spacial score (nSPS) is 16.6. The van der Waals surface area contributed by atoms with Gasteiger partial charge in [0.1, 0.15) is 11.5 Å². The van der Waals surface area contributed by atoms with E-state index in [4.69, 9.17) is 9.47 Å². The van der Waals surface area contributed by atoms with Crippen LogP contribution in [0.5, 0.6) is 11.5 Å². The number of methoxy groups -OCH3 is 2. The van der Waals surface area contributed by atoms with E-state index in [0.717, 1.165) is 11.9 Å². The molecule has 1 aliphatic heterocycles. The molecule has 2 amide bonds. The molecule has 3 aromatic rings. The summed E-state index contributed by atoms with van der Waals surface area (Å²) in [6.45, 7) is 0.717. The number of ether oxygens (including phenoxy) is 2. The van der Waals surface area contributed by atoms with Crippen LogP contribution in [0.4, 0.5) is 5.69 Å². The van der Waals surface area contributed by atoms with E-state index in [-0.39, 0.29) is 18.2 Å². The fourth-order valence-corrected chi connectivity index (χ4v) is 3.84. The van der Waals surface area contributed by atoms with Gasteiger partial charge in [0.05, 0.1) is 32.9 Å². The van der Waals surface area contributed by atoms with Crippen LogP contribution in [0.25, 0.3) is 10.9 Å². The van der Waals surface area contributed by atoms with Gasteiger partial charge in [-0.05, 0) is 23.8 Å². The zero-order valence-electron chi connectivity index (χ0n) is 16.5. The number of hydrogen-bond acceptors (Lipinski definition) is 4. The molecule has 29 heavy (non-hydrogen) atoms. The van der Waals surface area contributed by atoms with E-state index in [1.54, 1.807) is 25.3 Å². The largest absolute Gasteiger partial charge is 0.497 e. The van der Waals surface area contributed by atoms with Gasteiger partial charge < -0.3 is 19.8 Å². The molecule has 150 valence electrons. The number of aromatic amines is 1. The van der Waals surface area contributed by atoms with Gasteiger partial charge in [0.15, 0.2) is 6.04 Å². The van der Waals surface area contributed by atoms with Gasteiger partial charge in [-0.25, -0.2) is 4.90 Å². The number of anilines is 1.